The van der Waals surface area contributed by atoms with Gasteiger partial charge in [0.2, 0.25) is 5.91 Å². The quantitative estimate of drug-likeness (QED) is 0.344. The molecule has 0 fully saturated rings. The fourth-order valence-corrected chi connectivity index (χ4v) is 3.69. The average Bonchev–Trinajstić information content (AvgIpc) is 2.84. The van der Waals surface area contributed by atoms with Crippen molar-refractivity contribution in [1.82, 2.24) is 0 Å². The first-order valence-corrected chi connectivity index (χ1v) is 10.6. The lowest BCUT2D eigenvalue weighted by Crippen LogP contribution is -2.09. The van der Waals surface area contributed by atoms with Gasteiger partial charge in [-0.05, 0) is 45.5 Å². The fraction of sp³-hybridized carbons (Fsp3) is 0.0690. The predicted molar refractivity (Wildman–Crippen MR) is 130 cm³/mol. The zero-order chi connectivity index (χ0) is 21.5. The first-order valence-electron chi connectivity index (χ1n) is 10.6. The minimum absolute atomic E-state index is 0.0147. The van der Waals surface area contributed by atoms with Gasteiger partial charge in [0, 0.05) is 12.1 Å². The predicted octanol–water partition coefficient (Wildman–Crippen LogP) is 7.04. The standard InChI is InChI=1S/C29H25NO/c1-2-27(31)30-26-20-18-25(19-21-26)29(24-16-10-5-11-17-24)28(22-12-6-3-7-13-22)23-14-8-4-9-15-23/h3-21H,2H2,1H3,(H,30,31). The minimum atomic E-state index is 0.0147. The molecule has 0 bridgehead atoms. The van der Waals surface area contributed by atoms with Crippen molar-refractivity contribution in [3.63, 3.8) is 0 Å². The lowest BCUT2D eigenvalue weighted by molar-refractivity contribution is -0.115. The van der Waals surface area contributed by atoms with E-state index >= 15 is 0 Å². The van der Waals surface area contributed by atoms with E-state index in [0.29, 0.717) is 6.42 Å². The third-order valence-electron chi connectivity index (χ3n) is 5.22. The average molecular weight is 404 g/mol. The molecule has 31 heavy (non-hydrogen) atoms. The molecule has 4 aromatic rings. The molecule has 0 aliphatic carbocycles. The van der Waals surface area contributed by atoms with Crippen molar-refractivity contribution in [3.8, 4) is 0 Å². The van der Waals surface area contributed by atoms with Crippen LogP contribution in [0, 0.1) is 0 Å². The molecule has 0 heterocycles. The van der Waals surface area contributed by atoms with Gasteiger partial charge in [-0.25, -0.2) is 0 Å². The number of carbonyl (C=O) groups is 1. The second kappa shape index (κ2) is 9.73. The molecule has 0 aliphatic heterocycles. The van der Waals surface area contributed by atoms with Gasteiger partial charge in [-0.1, -0.05) is 110 Å². The Kier molecular flexibility index (Phi) is 6.39. The van der Waals surface area contributed by atoms with Crippen molar-refractivity contribution in [3.05, 3.63) is 138 Å². The van der Waals surface area contributed by atoms with E-state index in [4.69, 9.17) is 0 Å². The van der Waals surface area contributed by atoms with Crippen LogP contribution in [0.4, 0.5) is 5.69 Å². The van der Waals surface area contributed by atoms with Crippen LogP contribution in [0.25, 0.3) is 11.1 Å². The van der Waals surface area contributed by atoms with Crippen molar-refractivity contribution >= 4 is 22.7 Å². The molecule has 0 aromatic heterocycles. The van der Waals surface area contributed by atoms with Gasteiger partial charge in [0.25, 0.3) is 0 Å². The maximum absolute atomic E-state index is 11.8. The van der Waals surface area contributed by atoms with Crippen LogP contribution in [-0.4, -0.2) is 5.91 Å². The largest absolute Gasteiger partial charge is 0.326 e. The van der Waals surface area contributed by atoms with Gasteiger partial charge >= 0.3 is 0 Å². The molecule has 2 nitrogen and oxygen atoms in total. The number of benzene rings is 4. The van der Waals surface area contributed by atoms with Crippen LogP contribution < -0.4 is 5.32 Å². The Hall–Kier alpha value is -3.91. The highest BCUT2D eigenvalue weighted by Crippen LogP contribution is 2.37. The van der Waals surface area contributed by atoms with Crippen LogP contribution in [0.2, 0.25) is 0 Å². The summed E-state index contributed by atoms with van der Waals surface area (Å²) in [6, 6.07) is 39.6. The summed E-state index contributed by atoms with van der Waals surface area (Å²) in [4.78, 5) is 11.8. The van der Waals surface area contributed by atoms with Crippen molar-refractivity contribution in [2.24, 2.45) is 0 Å². The highest BCUT2D eigenvalue weighted by atomic mass is 16.1. The summed E-state index contributed by atoms with van der Waals surface area (Å²) >= 11 is 0. The molecule has 0 atom stereocenters. The molecule has 0 saturated carbocycles. The fourth-order valence-electron chi connectivity index (χ4n) is 3.69. The number of rotatable bonds is 6. The number of hydrogen-bond acceptors (Lipinski definition) is 1. The van der Waals surface area contributed by atoms with E-state index in [-0.39, 0.29) is 5.91 Å². The molecule has 0 spiro atoms. The molecule has 4 rings (SSSR count). The summed E-state index contributed by atoms with van der Waals surface area (Å²) in [5, 5.41) is 2.94. The lowest BCUT2D eigenvalue weighted by atomic mass is 9.86. The summed E-state index contributed by atoms with van der Waals surface area (Å²) in [7, 11) is 0. The monoisotopic (exact) mass is 403 g/mol. The van der Waals surface area contributed by atoms with Crippen molar-refractivity contribution in [1.29, 1.82) is 0 Å². The van der Waals surface area contributed by atoms with E-state index in [9.17, 15) is 4.79 Å². The molecule has 1 N–H and O–H groups in total. The Morgan fingerprint density at radius 3 is 1.26 bits per heavy atom. The molecule has 4 aromatic carbocycles. The zero-order valence-electron chi connectivity index (χ0n) is 17.6. The Labute approximate surface area is 183 Å². The molecule has 152 valence electrons. The molecule has 0 saturated heterocycles. The van der Waals surface area contributed by atoms with E-state index in [1.807, 2.05) is 37.3 Å². The number of hydrogen-bond donors (Lipinski definition) is 1. The summed E-state index contributed by atoms with van der Waals surface area (Å²) in [6.07, 6.45) is 0.461. The molecule has 0 unspecified atom stereocenters. The Bertz CT molecular complexity index is 1120. The Balaban J connectivity index is 1.95. The van der Waals surface area contributed by atoms with E-state index < -0.39 is 0 Å². The highest BCUT2D eigenvalue weighted by molar-refractivity contribution is 6.04. The van der Waals surface area contributed by atoms with Gasteiger partial charge in [-0.3, -0.25) is 4.79 Å². The normalized spacial score (nSPS) is 10.4. The molecule has 0 radical (unpaired) electrons. The molecule has 0 aliphatic rings. The molecular weight excluding hydrogens is 378 g/mol. The van der Waals surface area contributed by atoms with Gasteiger partial charge in [-0.2, -0.15) is 0 Å². The van der Waals surface area contributed by atoms with Crippen LogP contribution in [0.15, 0.2) is 115 Å². The second-order valence-electron chi connectivity index (χ2n) is 7.33. The number of nitrogens with one attached hydrogen (secondary N) is 1. The first kappa shape index (κ1) is 20.4. The maximum Gasteiger partial charge on any atom is 0.224 e. The topological polar surface area (TPSA) is 29.1 Å². The third kappa shape index (κ3) is 4.81. The Morgan fingerprint density at radius 2 is 0.903 bits per heavy atom. The first-order chi connectivity index (χ1) is 15.3. The molecular formula is C29H25NO. The van der Waals surface area contributed by atoms with Crippen LogP contribution in [0.1, 0.15) is 35.6 Å². The molecule has 2 heteroatoms. The van der Waals surface area contributed by atoms with E-state index in [1.54, 1.807) is 0 Å². The smallest absolute Gasteiger partial charge is 0.224 e. The summed E-state index contributed by atoms with van der Waals surface area (Å²) < 4.78 is 0. The van der Waals surface area contributed by atoms with Gasteiger partial charge in [0.05, 0.1) is 0 Å². The second-order valence-corrected chi connectivity index (χ2v) is 7.33. The maximum atomic E-state index is 11.8. The van der Waals surface area contributed by atoms with Crippen molar-refractivity contribution < 1.29 is 4.79 Å². The van der Waals surface area contributed by atoms with Crippen LogP contribution in [0.3, 0.4) is 0 Å². The third-order valence-corrected chi connectivity index (χ3v) is 5.22. The van der Waals surface area contributed by atoms with E-state index in [0.717, 1.165) is 33.5 Å². The van der Waals surface area contributed by atoms with Gasteiger partial charge in [-0.15, -0.1) is 0 Å². The number of carbonyl (C=O) groups excluding carboxylic acids is 1. The number of anilines is 1. The van der Waals surface area contributed by atoms with E-state index in [2.05, 4.69) is 90.2 Å². The van der Waals surface area contributed by atoms with Gasteiger partial charge in [0.15, 0.2) is 0 Å². The summed E-state index contributed by atoms with van der Waals surface area (Å²) in [6.45, 7) is 1.85. The van der Waals surface area contributed by atoms with Crippen LogP contribution in [-0.2, 0) is 4.79 Å². The summed E-state index contributed by atoms with van der Waals surface area (Å²) in [5.41, 5.74) is 7.72. The highest BCUT2D eigenvalue weighted by Gasteiger charge is 2.16. The Morgan fingerprint density at radius 1 is 0.548 bits per heavy atom. The van der Waals surface area contributed by atoms with Crippen LogP contribution in [0.5, 0.6) is 0 Å². The van der Waals surface area contributed by atoms with E-state index in [1.165, 1.54) is 5.57 Å². The SMILES string of the molecule is CCC(=O)Nc1ccc(C(=C(c2ccccc2)c2ccccc2)c2ccccc2)cc1. The van der Waals surface area contributed by atoms with Crippen molar-refractivity contribution in [2.75, 3.05) is 5.32 Å². The molecule has 1 amide bonds. The van der Waals surface area contributed by atoms with Gasteiger partial charge in [0.1, 0.15) is 0 Å². The van der Waals surface area contributed by atoms with Crippen molar-refractivity contribution in [2.45, 2.75) is 13.3 Å². The lowest BCUT2D eigenvalue weighted by Gasteiger charge is -2.18. The zero-order valence-corrected chi connectivity index (χ0v) is 17.6. The summed E-state index contributed by atoms with van der Waals surface area (Å²) in [5.74, 6) is 0.0147. The number of amides is 1. The van der Waals surface area contributed by atoms with Gasteiger partial charge < -0.3 is 5.32 Å². The van der Waals surface area contributed by atoms with Crippen LogP contribution >= 0.6 is 0 Å². The minimum Gasteiger partial charge on any atom is -0.326 e.